The summed E-state index contributed by atoms with van der Waals surface area (Å²) in [5, 5.41) is 20.2. The number of aryl methyl sites for hydroxylation is 1. The zero-order valence-corrected chi connectivity index (χ0v) is 58.0. The minimum atomic E-state index is -0.519. The second-order valence-electron chi connectivity index (χ2n) is 23.6. The number of pyridine rings is 1. The van der Waals surface area contributed by atoms with Gasteiger partial charge in [0.2, 0.25) is 11.8 Å². The van der Waals surface area contributed by atoms with Gasteiger partial charge in [-0.25, -0.2) is 29.9 Å². The number of amides is 3. The summed E-state index contributed by atoms with van der Waals surface area (Å²) in [4.78, 5) is 71.5. The Balaban J connectivity index is 0.000000161. The number of benzene rings is 6. The molecule has 6 N–H and O–H groups in total. The van der Waals surface area contributed by atoms with Crippen molar-refractivity contribution in [1.29, 1.82) is 0 Å². The normalized spacial score (nSPS) is 14.3. The van der Waals surface area contributed by atoms with Crippen molar-refractivity contribution in [2.45, 2.75) is 32.3 Å². The summed E-state index contributed by atoms with van der Waals surface area (Å²) >= 11 is 5.86. The number of ether oxygens (including phenoxy) is 8. The maximum absolute atomic E-state index is 12.4. The third-order valence-corrected chi connectivity index (χ3v) is 16.5. The lowest BCUT2D eigenvalue weighted by Crippen LogP contribution is -2.37. The monoisotopic (exact) mass is 1410 g/mol. The van der Waals surface area contributed by atoms with Gasteiger partial charge < -0.3 is 69.8 Å². The van der Waals surface area contributed by atoms with E-state index in [2.05, 4.69) is 96.3 Å². The number of hydrogen-bond acceptors (Lipinski definition) is 23. The third-order valence-electron chi connectivity index (χ3n) is 16.3. The molecule has 532 valence electrons. The quantitative estimate of drug-likeness (QED) is 0.0206. The molecule has 26 nitrogen and oxygen atoms in total. The van der Waals surface area contributed by atoms with E-state index in [0.717, 1.165) is 130 Å². The highest BCUT2D eigenvalue weighted by Crippen LogP contribution is 2.38. The van der Waals surface area contributed by atoms with E-state index in [9.17, 15) is 14.4 Å². The van der Waals surface area contributed by atoms with Crippen LogP contribution in [0, 0.1) is 6.92 Å². The fourth-order valence-corrected chi connectivity index (χ4v) is 11.0. The number of anilines is 8. The van der Waals surface area contributed by atoms with Gasteiger partial charge in [0.15, 0.2) is 0 Å². The van der Waals surface area contributed by atoms with Crippen molar-refractivity contribution in [2.24, 2.45) is 0 Å². The van der Waals surface area contributed by atoms with Crippen LogP contribution >= 0.6 is 11.6 Å². The van der Waals surface area contributed by atoms with Crippen molar-refractivity contribution in [3.8, 4) is 40.2 Å². The molecule has 13 rings (SSSR count). The van der Waals surface area contributed by atoms with Crippen LogP contribution in [0.5, 0.6) is 40.2 Å². The Morgan fingerprint density at radius 1 is 0.544 bits per heavy atom. The number of aromatic nitrogens is 7. The molecule has 0 unspecified atom stereocenters. The maximum atomic E-state index is 12.4. The zero-order chi connectivity index (χ0) is 71.7. The summed E-state index contributed by atoms with van der Waals surface area (Å²) in [5.74, 6) is 5.12. The van der Waals surface area contributed by atoms with E-state index >= 15 is 0 Å². The SMILES string of the molecule is C=C(Cl)C(=O)Nc1cc2c(Nc3ccc(Oc4ccc(C)nc4)cc3)ncnc2cc1OCCCN1CCOCC1.C=CC(=O)Nc1cc2c(NC)ncnc2cc1O[C@H]1CCOC1.C=CC(=O)Nc1cc2c(Nc3ccc(Oc4ccccc4)cc3)ncnc2cc1OCCCN1CCOCC1. The van der Waals surface area contributed by atoms with Gasteiger partial charge in [0.25, 0.3) is 5.91 Å². The van der Waals surface area contributed by atoms with E-state index in [-0.39, 0.29) is 23.0 Å². The van der Waals surface area contributed by atoms with Crippen LogP contribution in [-0.4, -0.2) is 168 Å². The molecule has 0 radical (unpaired) electrons. The standard InChI is InChI=1S/C30H31ClN6O4.C30H31N5O4.C16H18N4O3/c1-20-4-7-24(18-32-20)41-23-8-5-22(6-9-23)35-29-25-16-27(36-30(38)21(2)31)28(17-26(25)33-19-34-29)40-13-3-10-37-11-14-39-15-12-37;1-2-29(36)34-27-19-25-26(20-28(27)38-16-6-13-35-14-17-37-18-15-35)31-21-32-30(25)33-22-9-11-24(12-10-22)39-23-7-4-3-5-8-23;1-3-15(21)20-13-6-11-12(18-9-19-16(11)17-2)7-14(13)23-10-4-5-22-8-10/h4-9,16-19H,2-3,10-15H2,1H3,(H,36,38)(H,33,34,35);2-5,7-12,19-21H,1,6,13-18H2,(H,34,36)(H,31,32,33);3,6-7,9-10H,1,4-5,8H2,2H3,(H,20,21)(H,17,18,19)/t;;10-/m..0/s1. The Bertz CT molecular complexity index is 4550. The largest absolute Gasteiger partial charge is 0.491 e. The summed E-state index contributed by atoms with van der Waals surface area (Å²) in [5.41, 5.74) is 6.16. The Morgan fingerprint density at radius 2 is 1.00 bits per heavy atom. The molecule has 7 heterocycles. The van der Waals surface area contributed by atoms with Gasteiger partial charge in [-0.2, -0.15) is 0 Å². The zero-order valence-electron chi connectivity index (χ0n) is 57.2. The number of halogens is 1. The first-order valence-corrected chi connectivity index (χ1v) is 34.0. The molecular weight excluding hydrogens is 1330 g/mol. The smallest absolute Gasteiger partial charge is 0.266 e. The fourth-order valence-electron chi connectivity index (χ4n) is 11.0. The van der Waals surface area contributed by atoms with Crippen LogP contribution in [0.15, 0.2) is 189 Å². The Morgan fingerprint density at radius 3 is 1.47 bits per heavy atom. The molecule has 6 aromatic carbocycles. The van der Waals surface area contributed by atoms with Crippen LogP contribution in [-0.2, 0) is 28.6 Å². The van der Waals surface area contributed by atoms with Gasteiger partial charge in [0.1, 0.15) is 82.8 Å². The van der Waals surface area contributed by atoms with Crippen molar-refractivity contribution in [3.63, 3.8) is 0 Å². The topological polar surface area (TPSA) is 294 Å². The van der Waals surface area contributed by atoms with Crippen molar-refractivity contribution in [2.75, 3.05) is 131 Å². The van der Waals surface area contributed by atoms with E-state index in [4.69, 9.17) is 49.5 Å². The van der Waals surface area contributed by atoms with Crippen LogP contribution in [0.25, 0.3) is 32.7 Å². The molecule has 27 heteroatoms. The van der Waals surface area contributed by atoms with Gasteiger partial charge in [0.05, 0.1) is 97.7 Å². The predicted molar refractivity (Wildman–Crippen MR) is 399 cm³/mol. The van der Waals surface area contributed by atoms with Crippen molar-refractivity contribution < 1.29 is 52.3 Å². The summed E-state index contributed by atoms with van der Waals surface area (Å²) in [7, 11) is 1.78. The minimum Gasteiger partial charge on any atom is -0.491 e. The van der Waals surface area contributed by atoms with Gasteiger partial charge in [-0.15, -0.1) is 0 Å². The number of carbonyl (C=O) groups excluding carboxylic acids is 3. The molecule has 1 atom stereocenters. The van der Waals surface area contributed by atoms with Crippen LogP contribution in [0.4, 0.5) is 45.9 Å². The summed E-state index contributed by atoms with van der Waals surface area (Å²) < 4.78 is 46.1. The number of nitrogens with one attached hydrogen (secondary N) is 6. The lowest BCUT2D eigenvalue weighted by atomic mass is 10.1. The van der Waals surface area contributed by atoms with E-state index in [1.54, 1.807) is 37.5 Å². The van der Waals surface area contributed by atoms with Crippen LogP contribution in [0.1, 0.15) is 25.0 Å². The minimum absolute atomic E-state index is 0.0301. The first kappa shape index (κ1) is 72.8. The molecule has 0 spiro atoms. The lowest BCUT2D eigenvalue weighted by Gasteiger charge is -2.26. The highest BCUT2D eigenvalue weighted by Gasteiger charge is 2.22. The van der Waals surface area contributed by atoms with E-state index in [1.165, 1.54) is 31.1 Å². The Labute approximate surface area is 600 Å². The predicted octanol–water partition coefficient (Wildman–Crippen LogP) is 13.0. The fraction of sp³-hybridized carbons (Fsp3) is 0.263. The first-order chi connectivity index (χ1) is 50.3. The highest BCUT2D eigenvalue weighted by molar-refractivity contribution is 6.43. The van der Waals surface area contributed by atoms with Gasteiger partial charge in [-0.3, -0.25) is 29.2 Å². The number of morpholine rings is 2. The van der Waals surface area contributed by atoms with Crippen molar-refractivity contribution in [1.82, 2.24) is 44.7 Å². The lowest BCUT2D eigenvalue weighted by molar-refractivity contribution is -0.113. The molecule has 3 saturated heterocycles. The summed E-state index contributed by atoms with van der Waals surface area (Å²) in [6, 6.07) is 39.3. The second-order valence-corrected chi connectivity index (χ2v) is 24.1. The summed E-state index contributed by atoms with van der Waals surface area (Å²) in [6.45, 7) is 23.3. The van der Waals surface area contributed by atoms with Crippen molar-refractivity contribution in [3.05, 3.63) is 195 Å². The molecule has 3 amide bonds. The molecule has 0 saturated carbocycles. The molecule has 3 aliphatic heterocycles. The molecule has 4 aromatic heterocycles. The first-order valence-electron chi connectivity index (χ1n) is 33.6. The van der Waals surface area contributed by atoms with Crippen LogP contribution < -0.4 is 55.6 Å². The average Bonchev–Trinajstić information content (AvgIpc) is 0.920. The third kappa shape index (κ3) is 21.1. The second kappa shape index (κ2) is 36.8. The van der Waals surface area contributed by atoms with E-state index in [1.807, 2.05) is 110 Å². The Hall–Kier alpha value is -11.4. The number of fused-ring (bicyclic) bond motifs is 3. The molecule has 0 bridgehead atoms. The summed E-state index contributed by atoms with van der Waals surface area (Å²) in [6.07, 6.45) is 11.1. The molecule has 10 aromatic rings. The van der Waals surface area contributed by atoms with Crippen LogP contribution in [0.2, 0.25) is 0 Å². The van der Waals surface area contributed by atoms with Crippen molar-refractivity contribution >= 4 is 108 Å². The Kier molecular flexibility index (Phi) is 26.0. The number of para-hydroxylation sites is 1. The molecular formula is C76H80ClN15O11. The van der Waals surface area contributed by atoms with E-state index in [0.29, 0.717) is 106 Å². The molecule has 0 aliphatic carbocycles. The highest BCUT2D eigenvalue weighted by atomic mass is 35.5. The van der Waals surface area contributed by atoms with Gasteiger partial charge in [0, 0.05) is 104 Å². The van der Waals surface area contributed by atoms with Gasteiger partial charge in [-0.05, 0) is 123 Å². The maximum Gasteiger partial charge on any atom is 0.266 e. The van der Waals surface area contributed by atoms with Gasteiger partial charge in [-0.1, -0.05) is 49.5 Å². The average molecular weight is 1420 g/mol. The number of carbonyl (C=O) groups is 3. The number of nitrogens with zero attached hydrogens (tertiary/aromatic N) is 9. The van der Waals surface area contributed by atoms with E-state index < -0.39 is 5.91 Å². The molecule has 3 fully saturated rings. The molecule has 3 aliphatic rings. The number of rotatable bonds is 27. The van der Waals surface area contributed by atoms with Gasteiger partial charge >= 0.3 is 0 Å². The van der Waals surface area contributed by atoms with Crippen LogP contribution in [0.3, 0.4) is 0 Å². The molecule has 103 heavy (non-hydrogen) atoms. The number of hydrogen-bond donors (Lipinski definition) is 6.